The van der Waals surface area contributed by atoms with Crippen molar-refractivity contribution in [3.05, 3.63) is 250 Å². The number of hydrogen-bond acceptors (Lipinski definition) is 0. The van der Waals surface area contributed by atoms with Gasteiger partial charge in [-0.3, -0.25) is 0 Å². The monoisotopic (exact) mass is 610 g/mol. The van der Waals surface area contributed by atoms with E-state index in [4.69, 9.17) is 0 Å². The Balaban J connectivity index is 1.45. The highest BCUT2D eigenvalue weighted by Crippen LogP contribution is 2.65. The van der Waals surface area contributed by atoms with E-state index in [2.05, 4.69) is 195 Å². The normalized spacial score (nSPS) is 16.8. The summed E-state index contributed by atoms with van der Waals surface area (Å²) in [7, 11) is 0. The molecule has 48 heavy (non-hydrogen) atoms. The van der Waals surface area contributed by atoms with Gasteiger partial charge in [0.25, 0.3) is 0 Å². The Bertz CT molecular complexity index is 2310. The predicted molar refractivity (Wildman–Crippen MR) is 201 cm³/mol. The molecule has 0 fully saturated rings. The van der Waals surface area contributed by atoms with Gasteiger partial charge in [-0.05, 0) is 78.1 Å². The molecule has 0 aliphatic heterocycles. The van der Waals surface area contributed by atoms with Crippen LogP contribution in [0.25, 0.3) is 22.4 Å². The van der Waals surface area contributed by atoms with Crippen LogP contribution in [0.2, 0.25) is 0 Å². The third kappa shape index (κ3) is 3.78. The summed E-state index contributed by atoms with van der Waals surface area (Å²) in [6, 6.07) is 64.8. The van der Waals surface area contributed by atoms with E-state index in [0.29, 0.717) is 0 Å². The second-order valence-electron chi connectivity index (χ2n) is 12.8. The maximum absolute atomic E-state index is 4.29. The standard InChI is InChI=1S/C48H34/c1-2-18-41-40(33-35-21-17-20-34-19-9-10-26-38(34)35)39-27-11-12-28-42(39)48(41)45-31-15-13-29-43(45)47(36-22-5-3-6-23-36,37-24-7-4-8-25-37)44-30-14-16-32-46(44)48/h2-33H,1H2/b40-33-,41-18+. The molecule has 0 radical (unpaired) electrons. The first-order valence-corrected chi connectivity index (χ1v) is 16.7. The number of benzene rings is 7. The fourth-order valence-corrected chi connectivity index (χ4v) is 8.87. The maximum Gasteiger partial charge on any atom is 0.0720 e. The Morgan fingerprint density at radius 3 is 1.50 bits per heavy atom. The van der Waals surface area contributed by atoms with Crippen LogP contribution in [-0.4, -0.2) is 0 Å². The van der Waals surface area contributed by atoms with Crippen molar-refractivity contribution in [2.75, 3.05) is 0 Å². The number of allylic oxidation sites excluding steroid dienone is 4. The van der Waals surface area contributed by atoms with Gasteiger partial charge in [-0.15, -0.1) is 0 Å². The summed E-state index contributed by atoms with van der Waals surface area (Å²) in [5.41, 5.74) is 12.9. The third-order valence-corrected chi connectivity index (χ3v) is 10.6. The molecule has 0 saturated heterocycles. The van der Waals surface area contributed by atoms with Crippen LogP contribution >= 0.6 is 0 Å². The highest BCUT2D eigenvalue weighted by molar-refractivity contribution is 6.05. The fourth-order valence-electron chi connectivity index (χ4n) is 8.87. The van der Waals surface area contributed by atoms with Crippen LogP contribution in [0.15, 0.2) is 200 Å². The molecule has 0 nitrogen and oxygen atoms in total. The lowest BCUT2D eigenvalue weighted by Crippen LogP contribution is -2.44. The molecular formula is C48H34. The molecule has 2 aliphatic carbocycles. The number of hydrogen-bond donors (Lipinski definition) is 0. The van der Waals surface area contributed by atoms with Gasteiger partial charge in [0, 0.05) is 0 Å². The quantitative estimate of drug-likeness (QED) is 0.186. The molecular weight excluding hydrogens is 577 g/mol. The van der Waals surface area contributed by atoms with Gasteiger partial charge in [-0.1, -0.05) is 195 Å². The molecule has 9 rings (SSSR count). The van der Waals surface area contributed by atoms with E-state index in [1.807, 2.05) is 6.08 Å². The van der Waals surface area contributed by atoms with E-state index in [-0.39, 0.29) is 0 Å². The third-order valence-electron chi connectivity index (χ3n) is 10.6. The summed E-state index contributed by atoms with van der Waals surface area (Å²) in [5, 5.41) is 2.49. The minimum atomic E-state index is -0.554. The van der Waals surface area contributed by atoms with Crippen molar-refractivity contribution < 1.29 is 0 Å². The first-order valence-electron chi connectivity index (χ1n) is 16.7. The summed E-state index contributed by atoms with van der Waals surface area (Å²) in [6.45, 7) is 4.29. The molecule has 0 bridgehead atoms. The molecule has 1 spiro atoms. The van der Waals surface area contributed by atoms with Crippen molar-refractivity contribution >= 4 is 22.4 Å². The van der Waals surface area contributed by atoms with Crippen LogP contribution < -0.4 is 0 Å². The minimum absolute atomic E-state index is 0.517. The largest absolute Gasteiger partial charge is 0.0991 e. The molecule has 0 aromatic heterocycles. The molecule has 7 aromatic carbocycles. The zero-order chi connectivity index (χ0) is 32.1. The zero-order valence-electron chi connectivity index (χ0n) is 26.7. The molecule has 0 heteroatoms. The summed E-state index contributed by atoms with van der Waals surface area (Å²) in [5.74, 6) is 0. The SMILES string of the molecule is C=C/C=C1\C(=C/c2cccc3ccccc23)c2ccccc2C12c1ccccc1C(c1ccccc1)(c1ccccc1)c1ccccc12. The summed E-state index contributed by atoms with van der Waals surface area (Å²) >= 11 is 0. The first kappa shape index (κ1) is 28.3. The van der Waals surface area contributed by atoms with Crippen molar-refractivity contribution in [1.29, 1.82) is 0 Å². The molecule has 0 heterocycles. The van der Waals surface area contributed by atoms with Gasteiger partial charge in [-0.2, -0.15) is 0 Å². The Labute approximate surface area is 282 Å². The van der Waals surface area contributed by atoms with Crippen LogP contribution in [0.1, 0.15) is 50.1 Å². The molecule has 0 unspecified atom stereocenters. The van der Waals surface area contributed by atoms with Crippen molar-refractivity contribution in [2.24, 2.45) is 0 Å². The highest BCUT2D eigenvalue weighted by atomic mass is 14.6. The van der Waals surface area contributed by atoms with Crippen LogP contribution in [0.4, 0.5) is 0 Å². The molecule has 0 N–H and O–H groups in total. The van der Waals surface area contributed by atoms with Crippen LogP contribution in [0.3, 0.4) is 0 Å². The fraction of sp³-hybridized carbons (Fsp3) is 0.0417. The smallest absolute Gasteiger partial charge is 0.0720 e. The molecule has 7 aromatic rings. The Morgan fingerprint density at radius 2 is 0.896 bits per heavy atom. The van der Waals surface area contributed by atoms with Crippen LogP contribution in [-0.2, 0) is 10.8 Å². The van der Waals surface area contributed by atoms with Crippen molar-refractivity contribution in [3.63, 3.8) is 0 Å². The lowest BCUT2D eigenvalue weighted by atomic mass is 9.51. The second-order valence-corrected chi connectivity index (χ2v) is 12.8. The van der Waals surface area contributed by atoms with Gasteiger partial charge >= 0.3 is 0 Å². The van der Waals surface area contributed by atoms with Crippen molar-refractivity contribution in [2.45, 2.75) is 10.8 Å². The average molecular weight is 611 g/mol. The highest BCUT2D eigenvalue weighted by Gasteiger charge is 2.57. The van der Waals surface area contributed by atoms with E-state index in [0.717, 1.165) is 0 Å². The molecule has 0 amide bonds. The summed E-state index contributed by atoms with van der Waals surface area (Å²) < 4.78 is 0. The topological polar surface area (TPSA) is 0 Å². The van der Waals surface area contributed by atoms with E-state index in [1.165, 1.54) is 72.0 Å². The van der Waals surface area contributed by atoms with Gasteiger partial charge in [0.15, 0.2) is 0 Å². The van der Waals surface area contributed by atoms with E-state index in [1.54, 1.807) is 0 Å². The molecule has 2 aliphatic rings. The van der Waals surface area contributed by atoms with Gasteiger partial charge in [0.2, 0.25) is 0 Å². The lowest BCUT2D eigenvalue weighted by molar-refractivity contribution is 0.624. The maximum atomic E-state index is 4.29. The molecule has 0 saturated carbocycles. The summed E-state index contributed by atoms with van der Waals surface area (Å²) in [4.78, 5) is 0. The van der Waals surface area contributed by atoms with Gasteiger partial charge in [0.05, 0.1) is 10.8 Å². The van der Waals surface area contributed by atoms with Crippen molar-refractivity contribution in [3.8, 4) is 0 Å². The molecule has 226 valence electrons. The average Bonchev–Trinajstić information content (AvgIpc) is 3.42. The second kappa shape index (κ2) is 11.1. The molecule has 0 atom stereocenters. The minimum Gasteiger partial charge on any atom is -0.0991 e. The zero-order valence-corrected chi connectivity index (χ0v) is 26.7. The summed E-state index contributed by atoms with van der Waals surface area (Å²) in [6.07, 6.45) is 6.65. The Hall–Kier alpha value is -5.98. The van der Waals surface area contributed by atoms with Crippen molar-refractivity contribution in [1.82, 2.24) is 0 Å². The van der Waals surface area contributed by atoms with Gasteiger partial charge in [-0.25, -0.2) is 0 Å². The van der Waals surface area contributed by atoms with Crippen LogP contribution in [0.5, 0.6) is 0 Å². The van der Waals surface area contributed by atoms with E-state index < -0.39 is 10.8 Å². The number of rotatable bonds is 4. The van der Waals surface area contributed by atoms with Crippen LogP contribution in [0, 0.1) is 0 Å². The Kier molecular flexibility index (Phi) is 6.52. The van der Waals surface area contributed by atoms with E-state index >= 15 is 0 Å². The lowest BCUT2D eigenvalue weighted by Gasteiger charge is -2.50. The first-order chi connectivity index (χ1) is 23.8. The van der Waals surface area contributed by atoms with E-state index in [9.17, 15) is 0 Å². The Morgan fingerprint density at radius 1 is 0.417 bits per heavy atom. The predicted octanol–water partition coefficient (Wildman–Crippen LogP) is 11.5. The van der Waals surface area contributed by atoms with Gasteiger partial charge in [0.1, 0.15) is 0 Å². The van der Waals surface area contributed by atoms with Gasteiger partial charge < -0.3 is 0 Å². The number of fused-ring (bicyclic) bond motifs is 7.